The number of nitrogens with one attached hydrogen (secondary N) is 3. The number of amides is 2. The van der Waals surface area contributed by atoms with Crippen LogP contribution in [0.5, 0.6) is 0 Å². The molecule has 0 aromatic heterocycles. The van der Waals surface area contributed by atoms with Gasteiger partial charge in [-0.1, -0.05) is 30.3 Å². The first-order chi connectivity index (χ1) is 14.1. The minimum atomic E-state index is -0.589. The second-order valence-electron chi connectivity index (χ2n) is 7.35. The molecule has 0 radical (unpaired) electrons. The minimum absolute atomic E-state index is 0.0692. The first kappa shape index (κ1) is 20.9. The molecule has 1 atom stereocenters. The smallest absolute Gasteiger partial charge is 0.246 e. The molecule has 1 saturated heterocycles. The van der Waals surface area contributed by atoms with E-state index in [-0.39, 0.29) is 17.7 Å². The van der Waals surface area contributed by atoms with Gasteiger partial charge in [-0.05, 0) is 56.0 Å². The summed E-state index contributed by atoms with van der Waals surface area (Å²) in [7, 11) is 0. The Balaban J connectivity index is 1.42. The quantitative estimate of drug-likeness (QED) is 0.641. The molecule has 6 heteroatoms. The first-order valence-electron chi connectivity index (χ1n) is 10.2. The normalized spacial score (nSPS) is 15.3. The van der Waals surface area contributed by atoms with E-state index in [1.54, 1.807) is 6.92 Å². The van der Waals surface area contributed by atoms with Gasteiger partial charge in [0.05, 0.1) is 0 Å². The van der Waals surface area contributed by atoms with Crippen molar-refractivity contribution in [3.63, 3.8) is 0 Å². The van der Waals surface area contributed by atoms with Crippen molar-refractivity contribution in [2.75, 3.05) is 30.4 Å². The fourth-order valence-corrected chi connectivity index (χ4v) is 3.27. The van der Waals surface area contributed by atoms with Gasteiger partial charge in [-0.3, -0.25) is 9.59 Å². The number of carbonyl (C=O) groups is 2. The van der Waals surface area contributed by atoms with E-state index in [1.807, 2.05) is 42.5 Å². The summed E-state index contributed by atoms with van der Waals surface area (Å²) in [6.45, 7) is 3.74. The number of ether oxygens (including phenoxy) is 1. The Morgan fingerprint density at radius 3 is 2.34 bits per heavy atom. The summed E-state index contributed by atoms with van der Waals surface area (Å²) in [4.78, 5) is 24.6. The lowest BCUT2D eigenvalue weighted by molar-refractivity contribution is -0.131. The third-order valence-electron chi connectivity index (χ3n) is 5.08. The van der Waals surface area contributed by atoms with Crippen LogP contribution in [0.25, 0.3) is 0 Å². The van der Waals surface area contributed by atoms with Gasteiger partial charge < -0.3 is 20.7 Å². The Morgan fingerprint density at radius 2 is 1.66 bits per heavy atom. The molecule has 3 rings (SSSR count). The van der Waals surface area contributed by atoms with Gasteiger partial charge in [0, 0.05) is 37.1 Å². The van der Waals surface area contributed by atoms with Crippen molar-refractivity contribution in [1.29, 1.82) is 0 Å². The number of rotatable bonds is 8. The van der Waals surface area contributed by atoms with Gasteiger partial charge in [0.15, 0.2) is 0 Å². The summed E-state index contributed by atoms with van der Waals surface area (Å²) in [6.07, 6.45) is 2.36. The van der Waals surface area contributed by atoms with Crippen LogP contribution in [0.4, 0.5) is 11.4 Å². The highest BCUT2D eigenvalue weighted by Crippen LogP contribution is 2.16. The lowest BCUT2D eigenvalue weighted by Crippen LogP contribution is -2.45. The standard InChI is InChI=1S/C23H29N3O3/c1-17(25-23(28)19-12-15-29-16-13-19)22(27)26-21-9-7-20(8-10-21)24-14-11-18-5-3-2-4-6-18/h2-10,17,19,24H,11-16H2,1H3,(H,25,28)(H,26,27). The molecule has 2 aromatic rings. The average Bonchev–Trinajstić information content (AvgIpc) is 2.76. The fraction of sp³-hybridized carbons (Fsp3) is 0.391. The molecular formula is C23H29N3O3. The van der Waals surface area contributed by atoms with Crippen molar-refractivity contribution in [2.24, 2.45) is 5.92 Å². The number of hydrogen-bond donors (Lipinski definition) is 3. The maximum atomic E-state index is 12.4. The fourth-order valence-electron chi connectivity index (χ4n) is 3.27. The van der Waals surface area contributed by atoms with Crippen LogP contribution >= 0.6 is 0 Å². The van der Waals surface area contributed by atoms with Gasteiger partial charge in [0.25, 0.3) is 0 Å². The molecule has 1 unspecified atom stereocenters. The third kappa shape index (κ3) is 6.61. The molecule has 1 heterocycles. The van der Waals surface area contributed by atoms with Gasteiger partial charge in [-0.25, -0.2) is 0 Å². The van der Waals surface area contributed by atoms with E-state index in [9.17, 15) is 9.59 Å². The largest absolute Gasteiger partial charge is 0.385 e. The van der Waals surface area contributed by atoms with E-state index in [0.29, 0.717) is 31.7 Å². The molecule has 0 saturated carbocycles. The highest BCUT2D eigenvalue weighted by molar-refractivity contribution is 5.97. The molecule has 0 bridgehead atoms. The van der Waals surface area contributed by atoms with Gasteiger partial charge in [0.2, 0.25) is 11.8 Å². The highest BCUT2D eigenvalue weighted by atomic mass is 16.5. The maximum absolute atomic E-state index is 12.4. The van der Waals surface area contributed by atoms with Gasteiger partial charge >= 0.3 is 0 Å². The van der Waals surface area contributed by atoms with Gasteiger partial charge in [-0.15, -0.1) is 0 Å². The highest BCUT2D eigenvalue weighted by Gasteiger charge is 2.24. The maximum Gasteiger partial charge on any atom is 0.246 e. The molecule has 154 valence electrons. The van der Waals surface area contributed by atoms with Crippen LogP contribution in [-0.4, -0.2) is 37.6 Å². The summed E-state index contributed by atoms with van der Waals surface area (Å²) < 4.78 is 5.27. The van der Waals surface area contributed by atoms with Crippen LogP contribution < -0.4 is 16.0 Å². The summed E-state index contributed by atoms with van der Waals surface area (Å²) in [6, 6.07) is 17.3. The Morgan fingerprint density at radius 1 is 1.00 bits per heavy atom. The topological polar surface area (TPSA) is 79.5 Å². The van der Waals surface area contributed by atoms with Crippen LogP contribution in [-0.2, 0) is 20.7 Å². The first-order valence-corrected chi connectivity index (χ1v) is 10.2. The molecule has 29 heavy (non-hydrogen) atoms. The molecule has 1 aliphatic heterocycles. The summed E-state index contributed by atoms with van der Waals surface area (Å²) in [5, 5.41) is 9.04. The van der Waals surface area contributed by atoms with Crippen molar-refractivity contribution in [2.45, 2.75) is 32.2 Å². The van der Waals surface area contributed by atoms with Crippen LogP contribution in [0.2, 0.25) is 0 Å². The second-order valence-corrected chi connectivity index (χ2v) is 7.35. The van der Waals surface area contributed by atoms with Crippen molar-refractivity contribution >= 4 is 23.2 Å². The van der Waals surface area contributed by atoms with Crippen molar-refractivity contribution in [3.8, 4) is 0 Å². The molecule has 2 amide bonds. The number of hydrogen-bond acceptors (Lipinski definition) is 4. The molecular weight excluding hydrogens is 366 g/mol. The summed E-state index contributed by atoms with van der Waals surface area (Å²) >= 11 is 0. The number of carbonyl (C=O) groups excluding carboxylic acids is 2. The van der Waals surface area contributed by atoms with Crippen LogP contribution in [0.3, 0.4) is 0 Å². The van der Waals surface area contributed by atoms with E-state index >= 15 is 0 Å². The Hall–Kier alpha value is -2.86. The Bertz CT molecular complexity index is 787. The molecule has 6 nitrogen and oxygen atoms in total. The average molecular weight is 396 g/mol. The van der Waals surface area contributed by atoms with E-state index in [0.717, 1.165) is 18.7 Å². The van der Waals surface area contributed by atoms with Gasteiger partial charge in [0.1, 0.15) is 6.04 Å². The monoisotopic (exact) mass is 395 g/mol. The molecule has 1 aliphatic rings. The molecule has 3 N–H and O–H groups in total. The lowest BCUT2D eigenvalue weighted by atomic mass is 9.99. The van der Waals surface area contributed by atoms with E-state index in [2.05, 4.69) is 28.1 Å². The number of benzene rings is 2. The molecule has 0 spiro atoms. The van der Waals surface area contributed by atoms with E-state index in [1.165, 1.54) is 5.56 Å². The van der Waals surface area contributed by atoms with E-state index in [4.69, 9.17) is 4.74 Å². The predicted molar refractivity (Wildman–Crippen MR) is 115 cm³/mol. The Kier molecular flexibility index (Phi) is 7.64. The third-order valence-corrected chi connectivity index (χ3v) is 5.08. The minimum Gasteiger partial charge on any atom is -0.385 e. The van der Waals surface area contributed by atoms with Crippen LogP contribution in [0, 0.1) is 5.92 Å². The molecule has 0 aliphatic carbocycles. The zero-order valence-corrected chi connectivity index (χ0v) is 16.8. The SMILES string of the molecule is CC(NC(=O)C1CCOCC1)C(=O)Nc1ccc(NCCc2ccccc2)cc1. The zero-order valence-electron chi connectivity index (χ0n) is 16.8. The lowest BCUT2D eigenvalue weighted by Gasteiger charge is -2.23. The second kappa shape index (κ2) is 10.6. The molecule has 2 aromatic carbocycles. The van der Waals surface area contributed by atoms with Crippen LogP contribution in [0.1, 0.15) is 25.3 Å². The number of anilines is 2. The zero-order chi connectivity index (χ0) is 20.5. The molecule has 1 fully saturated rings. The van der Waals surface area contributed by atoms with Gasteiger partial charge in [-0.2, -0.15) is 0 Å². The summed E-state index contributed by atoms with van der Waals surface area (Å²) in [5.74, 6) is -0.371. The Labute approximate surface area is 172 Å². The van der Waals surface area contributed by atoms with Crippen molar-refractivity contribution in [3.05, 3.63) is 60.2 Å². The summed E-state index contributed by atoms with van der Waals surface area (Å²) in [5.41, 5.74) is 3.00. The van der Waals surface area contributed by atoms with Crippen molar-refractivity contribution < 1.29 is 14.3 Å². The predicted octanol–water partition coefficient (Wildman–Crippen LogP) is 3.21. The van der Waals surface area contributed by atoms with E-state index < -0.39 is 6.04 Å². The van der Waals surface area contributed by atoms with Crippen LogP contribution in [0.15, 0.2) is 54.6 Å². The van der Waals surface area contributed by atoms with Crippen molar-refractivity contribution in [1.82, 2.24) is 5.32 Å².